The van der Waals surface area contributed by atoms with Crippen LogP contribution in [0.1, 0.15) is 38.8 Å². The lowest BCUT2D eigenvalue weighted by Gasteiger charge is -2.07. The molecule has 0 unspecified atom stereocenters. The van der Waals surface area contributed by atoms with Crippen LogP contribution in [0, 0.1) is 0 Å². The number of carbonyl (C=O) groups excluding carboxylic acids is 1. The Morgan fingerprint density at radius 2 is 2.15 bits per heavy atom. The third-order valence-corrected chi connectivity index (χ3v) is 4.64. The van der Waals surface area contributed by atoms with Crippen molar-refractivity contribution in [1.29, 1.82) is 0 Å². The number of benzene rings is 1. The first-order valence-corrected chi connectivity index (χ1v) is 7.82. The summed E-state index contributed by atoms with van der Waals surface area (Å²) < 4.78 is 0. The van der Waals surface area contributed by atoms with Crippen molar-refractivity contribution in [2.45, 2.75) is 33.0 Å². The molecule has 0 spiro atoms. The van der Waals surface area contributed by atoms with Crippen molar-refractivity contribution in [2.24, 2.45) is 0 Å². The molecule has 0 saturated carbocycles. The lowest BCUT2D eigenvalue weighted by atomic mass is 10.1. The molecule has 0 saturated heterocycles. The molecule has 1 aliphatic heterocycles. The minimum Gasteiger partial charge on any atom is -0.347 e. The van der Waals surface area contributed by atoms with Gasteiger partial charge in [-0.15, -0.1) is 11.3 Å². The van der Waals surface area contributed by atoms with Crippen LogP contribution in [0.3, 0.4) is 0 Å². The summed E-state index contributed by atoms with van der Waals surface area (Å²) in [6, 6.07) is 8.46. The first-order valence-electron chi connectivity index (χ1n) is 6.94. The molecule has 0 radical (unpaired) electrons. The average molecular weight is 286 g/mol. The van der Waals surface area contributed by atoms with E-state index in [1.54, 1.807) is 0 Å². The van der Waals surface area contributed by atoms with E-state index in [1.165, 1.54) is 22.5 Å². The Bertz CT molecular complexity index is 633. The van der Waals surface area contributed by atoms with Gasteiger partial charge in [-0.3, -0.25) is 4.79 Å². The van der Waals surface area contributed by atoms with E-state index in [0.29, 0.717) is 6.54 Å². The zero-order valence-corrected chi connectivity index (χ0v) is 12.3. The summed E-state index contributed by atoms with van der Waals surface area (Å²) in [7, 11) is 0. The molecule has 3 nitrogen and oxygen atoms in total. The molecule has 4 heteroatoms. The lowest BCUT2D eigenvalue weighted by molar-refractivity contribution is 0.0954. The predicted molar refractivity (Wildman–Crippen MR) is 81.9 cm³/mol. The summed E-state index contributed by atoms with van der Waals surface area (Å²) in [5.41, 5.74) is 5.01. The number of aryl methyl sites for hydroxylation is 1. The predicted octanol–water partition coefficient (Wildman–Crippen LogP) is 2.84. The van der Waals surface area contributed by atoms with Crippen molar-refractivity contribution in [3.8, 4) is 0 Å². The molecule has 0 fully saturated rings. The van der Waals surface area contributed by atoms with Crippen LogP contribution in [-0.2, 0) is 26.1 Å². The second-order valence-electron chi connectivity index (χ2n) is 5.02. The number of fused-ring (bicyclic) bond motifs is 1. The Hall–Kier alpha value is -1.65. The third kappa shape index (κ3) is 2.62. The van der Waals surface area contributed by atoms with Gasteiger partial charge in [-0.2, -0.15) is 0 Å². The largest absolute Gasteiger partial charge is 0.347 e. The minimum atomic E-state index is 0.0375. The summed E-state index contributed by atoms with van der Waals surface area (Å²) in [6.45, 7) is 4.55. The summed E-state index contributed by atoms with van der Waals surface area (Å²) >= 11 is 1.52. The molecule has 1 aliphatic rings. The van der Waals surface area contributed by atoms with Crippen LogP contribution < -0.4 is 10.6 Å². The van der Waals surface area contributed by atoms with Crippen LogP contribution in [0.15, 0.2) is 29.6 Å². The van der Waals surface area contributed by atoms with E-state index in [0.717, 1.165) is 35.5 Å². The smallest absolute Gasteiger partial charge is 0.261 e. The molecular formula is C16H18N2OS. The van der Waals surface area contributed by atoms with E-state index in [4.69, 9.17) is 0 Å². The molecule has 1 aromatic heterocycles. The molecule has 0 bridgehead atoms. The SMILES string of the molecule is CCc1ccsc1C(=O)NCc1ccc2c(c1)CNC2. The summed E-state index contributed by atoms with van der Waals surface area (Å²) in [6.07, 6.45) is 0.900. The number of rotatable bonds is 4. The highest BCUT2D eigenvalue weighted by Gasteiger charge is 2.13. The zero-order chi connectivity index (χ0) is 13.9. The number of hydrogen-bond donors (Lipinski definition) is 2. The second-order valence-corrected chi connectivity index (χ2v) is 5.93. The summed E-state index contributed by atoms with van der Waals surface area (Å²) in [5, 5.41) is 8.33. The van der Waals surface area contributed by atoms with Crippen LogP contribution in [0.5, 0.6) is 0 Å². The Kier molecular flexibility index (Phi) is 3.85. The van der Waals surface area contributed by atoms with Crippen molar-refractivity contribution in [2.75, 3.05) is 0 Å². The van der Waals surface area contributed by atoms with Crippen LogP contribution in [-0.4, -0.2) is 5.91 Å². The Morgan fingerprint density at radius 3 is 3.00 bits per heavy atom. The van der Waals surface area contributed by atoms with Gasteiger partial charge in [0.15, 0.2) is 0 Å². The molecule has 0 aliphatic carbocycles. The molecule has 1 aromatic carbocycles. The number of thiophene rings is 1. The first kappa shape index (κ1) is 13.3. The van der Waals surface area contributed by atoms with Crippen molar-refractivity contribution in [3.05, 3.63) is 56.8 Å². The standard InChI is InChI=1S/C16H18N2OS/c1-2-12-5-6-20-15(12)16(19)18-8-11-3-4-13-9-17-10-14(13)7-11/h3-7,17H,2,8-10H2,1H3,(H,18,19). The van der Waals surface area contributed by atoms with Crippen molar-refractivity contribution in [1.82, 2.24) is 10.6 Å². The van der Waals surface area contributed by atoms with Gasteiger partial charge in [-0.05, 0) is 40.1 Å². The molecule has 0 atom stereocenters. The van der Waals surface area contributed by atoms with Crippen molar-refractivity contribution >= 4 is 17.2 Å². The van der Waals surface area contributed by atoms with Gasteiger partial charge in [-0.1, -0.05) is 25.1 Å². The van der Waals surface area contributed by atoms with Crippen molar-refractivity contribution in [3.63, 3.8) is 0 Å². The molecular weight excluding hydrogens is 268 g/mol. The molecule has 2 heterocycles. The average Bonchev–Trinajstić information content (AvgIpc) is 3.12. The maximum absolute atomic E-state index is 12.2. The summed E-state index contributed by atoms with van der Waals surface area (Å²) in [5.74, 6) is 0.0375. The van der Waals surface area contributed by atoms with Crippen LogP contribution in [0.25, 0.3) is 0 Å². The monoisotopic (exact) mass is 286 g/mol. The van der Waals surface area contributed by atoms with E-state index < -0.39 is 0 Å². The quantitative estimate of drug-likeness (QED) is 0.907. The highest BCUT2D eigenvalue weighted by atomic mass is 32.1. The van der Waals surface area contributed by atoms with Gasteiger partial charge in [0, 0.05) is 19.6 Å². The van der Waals surface area contributed by atoms with Gasteiger partial charge in [0.1, 0.15) is 0 Å². The van der Waals surface area contributed by atoms with Crippen LogP contribution >= 0.6 is 11.3 Å². The fraction of sp³-hybridized carbons (Fsp3) is 0.312. The maximum atomic E-state index is 12.2. The Morgan fingerprint density at radius 1 is 1.30 bits per heavy atom. The third-order valence-electron chi connectivity index (χ3n) is 3.69. The topological polar surface area (TPSA) is 41.1 Å². The minimum absolute atomic E-state index is 0.0375. The lowest BCUT2D eigenvalue weighted by Crippen LogP contribution is -2.22. The molecule has 2 aromatic rings. The highest BCUT2D eigenvalue weighted by Crippen LogP contribution is 2.19. The second kappa shape index (κ2) is 5.77. The molecule has 104 valence electrons. The van der Waals surface area contributed by atoms with E-state index in [9.17, 15) is 4.79 Å². The van der Waals surface area contributed by atoms with Crippen LogP contribution in [0.2, 0.25) is 0 Å². The normalized spacial score (nSPS) is 13.2. The fourth-order valence-corrected chi connectivity index (χ4v) is 3.45. The van der Waals surface area contributed by atoms with Gasteiger partial charge in [0.25, 0.3) is 5.91 Å². The van der Waals surface area contributed by atoms with Gasteiger partial charge in [0.2, 0.25) is 0 Å². The van der Waals surface area contributed by atoms with Gasteiger partial charge < -0.3 is 10.6 Å². The number of hydrogen-bond acceptors (Lipinski definition) is 3. The number of amides is 1. The molecule has 3 rings (SSSR count). The Balaban J connectivity index is 1.66. The Labute approximate surface area is 123 Å². The van der Waals surface area contributed by atoms with E-state index in [2.05, 4.69) is 35.8 Å². The van der Waals surface area contributed by atoms with Crippen molar-refractivity contribution < 1.29 is 4.79 Å². The summed E-state index contributed by atoms with van der Waals surface area (Å²) in [4.78, 5) is 13.0. The van der Waals surface area contributed by atoms with E-state index >= 15 is 0 Å². The highest BCUT2D eigenvalue weighted by molar-refractivity contribution is 7.12. The van der Waals surface area contributed by atoms with Gasteiger partial charge >= 0.3 is 0 Å². The van der Waals surface area contributed by atoms with Gasteiger partial charge in [0.05, 0.1) is 4.88 Å². The molecule has 1 amide bonds. The fourth-order valence-electron chi connectivity index (χ4n) is 2.53. The molecule has 20 heavy (non-hydrogen) atoms. The van der Waals surface area contributed by atoms with Gasteiger partial charge in [-0.25, -0.2) is 0 Å². The maximum Gasteiger partial charge on any atom is 0.261 e. The molecule has 2 N–H and O–H groups in total. The number of carbonyl (C=O) groups is 1. The first-order chi connectivity index (χ1) is 9.78. The zero-order valence-electron chi connectivity index (χ0n) is 11.5. The number of nitrogens with one attached hydrogen (secondary N) is 2. The van der Waals surface area contributed by atoms with Crippen LogP contribution in [0.4, 0.5) is 0 Å². The van der Waals surface area contributed by atoms with E-state index in [1.807, 2.05) is 11.4 Å². The van der Waals surface area contributed by atoms with E-state index in [-0.39, 0.29) is 5.91 Å².